The molecule has 2 fully saturated rings. The van der Waals surface area contributed by atoms with Crippen molar-refractivity contribution in [3.8, 4) is 23.3 Å². The second-order valence-electron chi connectivity index (χ2n) is 12.0. The van der Waals surface area contributed by atoms with Gasteiger partial charge in [0.2, 0.25) is 0 Å². The van der Waals surface area contributed by atoms with Crippen molar-refractivity contribution in [3.05, 3.63) is 82.2 Å². The molecular formula is C35H36N4O6. The molecule has 0 amide bonds. The number of hydrogen-bond acceptors (Lipinski definition) is 8. The number of carboxylic acids is 1. The number of ether oxygens (including phenoxy) is 4. The van der Waals surface area contributed by atoms with Crippen molar-refractivity contribution >= 4 is 17.0 Å². The Morgan fingerprint density at radius 1 is 1.13 bits per heavy atom. The van der Waals surface area contributed by atoms with E-state index in [1.54, 1.807) is 19.2 Å². The topological polar surface area (TPSA) is 119 Å². The molecule has 0 saturated carbocycles. The van der Waals surface area contributed by atoms with Crippen molar-refractivity contribution < 1.29 is 28.8 Å². The minimum absolute atomic E-state index is 0.103. The van der Waals surface area contributed by atoms with Crippen LogP contribution in [0.5, 0.6) is 17.2 Å². The molecule has 0 radical (unpaired) electrons. The fourth-order valence-electron chi connectivity index (χ4n) is 6.70. The molecule has 3 aliphatic rings. The van der Waals surface area contributed by atoms with Crippen LogP contribution in [0.3, 0.4) is 0 Å². The van der Waals surface area contributed by atoms with Gasteiger partial charge in [-0.3, -0.25) is 4.90 Å². The summed E-state index contributed by atoms with van der Waals surface area (Å²) in [5.41, 5.74) is 5.53. The van der Waals surface area contributed by atoms with Crippen molar-refractivity contribution in [2.75, 3.05) is 33.4 Å². The molecular weight excluding hydrogens is 572 g/mol. The van der Waals surface area contributed by atoms with Crippen LogP contribution in [0.25, 0.3) is 11.0 Å². The van der Waals surface area contributed by atoms with Gasteiger partial charge in [0.05, 0.1) is 55.6 Å². The monoisotopic (exact) mass is 608 g/mol. The van der Waals surface area contributed by atoms with Crippen LogP contribution in [-0.4, -0.2) is 65.0 Å². The van der Waals surface area contributed by atoms with Crippen LogP contribution in [0.15, 0.2) is 48.5 Å². The van der Waals surface area contributed by atoms with Gasteiger partial charge >= 0.3 is 5.97 Å². The molecule has 0 aliphatic carbocycles. The molecule has 3 aliphatic heterocycles. The smallest absolute Gasteiger partial charge is 0.335 e. The van der Waals surface area contributed by atoms with E-state index >= 15 is 0 Å². The lowest BCUT2D eigenvalue weighted by atomic mass is 9.89. The van der Waals surface area contributed by atoms with Crippen LogP contribution in [0.2, 0.25) is 0 Å². The molecule has 1 aromatic heterocycles. The molecule has 0 unspecified atom stereocenters. The Morgan fingerprint density at radius 3 is 2.71 bits per heavy atom. The molecule has 3 aromatic carbocycles. The Labute approximate surface area is 261 Å². The number of aromatic nitrogens is 2. The van der Waals surface area contributed by atoms with Crippen molar-refractivity contribution in [2.24, 2.45) is 0 Å². The summed E-state index contributed by atoms with van der Waals surface area (Å²) >= 11 is 0. The average Bonchev–Trinajstić information content (AvgIpc) is 3.67. The van der Waals surface area contributed by atoms with E-state index in [4.69, 9.17) is 23.9 Å². The number of fused-ring (bicyclic) bond motifs is 2. The number of likely N-dealkylation sites (tertiary alicyclic amines) is 1. The number of rotatable bonds is 10. The summed E-state index contributed by atoms with van der Waals surface area (Å²) in [7, 11) is 1.55. The molecule has 2 saturated heterocycles. The lowest BCUT2D eigenvalue weighted by Crippen LogP contribution is -2.35. The number of nitriles is 1. The highest BCUT2D eigenvalue weighted by atomic mass is 16.5. The van der Waals surface area contributed by atoms with Gasteiger partial charge in [-0.05, 0) is 74.2 Å². The van der Waals surface area contributed by atoms with Crippen LogP contribution < -0.4 is 14.2 Å². The standard InChI is InChI=1S/C35H36N4O6/c1-42-31-17-26(35(40)41)16-30-33(31)37-32(39(30)19-28-9-13-43-28)20-38-11-7-22(8-12-38)23-3-2-4-27(15-23)45-21-25-6-5-24(18-36)29-10-14-44-34(25)29/h2-6,15-17,22,28H,7-14,19-21H2,1H3,(H,40,41)/t28-/m0/s1. The van der Waals surface area contributed by atoms with Gasteiger partial charge < -0.3 is 28.6 Å². The first-order valence-corrected chi connectivity index (χ1v) is 15.6. The number of imidazole rings is 1. The molecule has 4 heterocycles. The van der Waals surface area contributed by atoms with Gasteiger partial charge in [-0.15, -0.1) is 0 Å². The Hall–Kier alpha value is -4.59. The zero-order chi connectivity index (χ0) is 30.9. The van der Waals surface area contributed by atoms with Crippen LogP contribution in [-0.2, 0) is 30.9 Å². The lowest BCUT2D eigenvalue weighted by molar-refractivity contribution is -0.0592. The Morgan fingerprint density at radius 2 is 1.98 bits per heavy atom. The van der Waals surface area contributed by atoms with Gasteiger partial charge in [0.1, 0.15) is 35.2 Å². The second-order valence-corrected chi connectivity index (χ2v) is 12.0. The summed E-state index contributed by atoms with van der Waals surface area (Å²) in [6.07, 6.45) is 3.86. The van der Waals surface area contributed by atoms with E-state index in [9.17, 15) is 15.2 Å². The van der Waals surface area contributed by atoms with Gasteiger partial charge in [-0.2, -0.15) is 5.26 Å². The average molecular weight is 609 g/mol. The summed E-state index contributed by atoms with van der Waals surface area (Å²) in [6.45, 7) is 4.89. The number of aromatic carboxylic acids is 1. The number of hydrogen-bond donors (Lipinski definition) is 1. The fourth-order valence-corrected chi connectivity index (χ4v) is 6.70. The summed E-state index contributed by atoms with van der Waals surface area (Å²) in [5, 5.41) is 19.1. The van der Waals surface area contributed by atoms with E-state index in [0.717, 1.165) is 79.3 Å². The molecule has 0 spiro atoms. The SMILES string of the molecule is COc1cc(C(=O)O)cc2c1nc(CN1CCC(c3cccc(OCc4ccc(C#N)c5c4OCC5)c3)CC1)n2C[C@@H]1CCO1. The van der Waals surface area contributed by atoms with E-state index in [1.807, 2.05) is 18.2 Å². The molecule has 0 bridgehead atoms. The third kappa shape index (κ3) is 5.81. The number of piperidine rings is 1. The molecule has 45 heavy (non-hydrogen) atoms. The zero-order valence-electron chi connectivity index (χ0n) is 25.3. The van der Waals surface area contributed by atoms with Gasteiger partial charge in [0.25, 0.3) is 0 Å². The van der Waals surface area contributed by atoms with E-state index in [0.29, 0.717) is 49.1 Å². The van der Waals surface area contributed by atoms with E-state index < -0.39 is 5.97 Å². The van der Waals surface area contributed by atoms with Crippen molar-refractivity contribution in [1.82, 2.24) is 14.5 Å². The predicted octanol–water partition coefficient (Wildman–Crippen LogP) is 5.30. The largest absolute Gasteiger partial charge is 0.494 e. The molecule has 232 valence electrons. The first-order valence-electron chi connectivity index (χ1n) is 15.6. The van der Waals surface area contributed by atoms with Crippen LogP contribution in [0, 0.1) is 11.3 Å². The first kappa shape index (κ1) is 29.1. The molecule has 10 heteroatoms. The van der Waals surface area contributed by atoms with E-state index in [-0.39, 0.29) is 11.7 Å². The maximum Gasteiger partial charge on any atom is 0.335 e. The predicted molar refractivity (Wildman–Crippen MR) is 166 cm³/mol. The maximum absolute atomic E-state index is 11.8. The van der Waals surface area contributed by atoms with Crippen molar-refractivity contribution in [1.29, 1.82) is 5.26 Å². The Kier molecular flexibility index (Phi) is 8.04. The Bertz CT molecular complexity index is 1780. The quantitative estimate of drug-likeness (QED) is 0.256. The van der Waals surface area contributed by atoms with Crippen LogP contribution in [0.1, 0.15) is 63.6 Å². The molecule has 1 N–H and O–H groups in total. The minimum atomic E-state index is -0.993. The van der Waals surface area contributed by atoms with Crippen molar-refractivity contribution in [2.45, 2.75) is 57.4 Å². The number of nitrogens with zero attached hydrogens (tertiary/aromatic N) is 4. The molecule has 1 atom stereocenters. The normalized spacial score (nSPS) is 18.2. The zero-order valence-corrected chi connectivity index (χ0v) is 25.3. The second kappa shape index (κ2) is 12.4. The lowest BCUT2D eigenvalue weighted by Gasteiger charge is -2.33. The molecule has 10 nitrogen and oxygen atoms in total. The fraction of sp³-hybridized carbons (Fsp3) is 0.400. The third-order valence-corrected chi connectivity index (χ3v) is 9.28. The van der Waals surface area contributed by atoms with Crippen LogP contribution in [0.4, 0.5) is 0 Å². The van der Waals surface area contributed by atoms with E-state index in [2.05, 4.69) is 33.7 Å². The highest BCUT2D eigenvalue weighted by molar-refractivity contribution is 5.95. The van der Waals surface area contributed by atoms with Gasteiger partial charge in [0.15, 0.2) is 0 Å². The summed E-state index contributed by atoms with van der Waals surface area (Å²) in [6, 6.07) is 17.7. The first-order chi connectivity index (χ1) is 22.0. The summed E-state index contributed by atoms with van der Waals surface area (Å²) in [5.74, 6) is 2.42. The summed E-state index contributed by atoms with van der Waals surface area (Å²) < 4.78 is 25.5. The minimum Gasteiger partial charge on any atom is -0.494 e. The molecule has 7 rings (SSSR count). The van der Waals surface area contributed by atoms with Gasteiger partial charge in [-0.25, -0.2) is 9.78 Å². The molecule has 4 aromatic rings. The number of carboxylic acid groups (broad SMARTS) is 1. The summed E-state index contributed by atoms with van der Waals surface area (Å²) in [4.78, 5) is 19.2. The van der Waals surface area contributed by atoms with Gasteiger partial charge in [0, 0.05) is 24.2 Å². The number of carbonyl (C=O) groups is 1. The highest BCUT2D eigenvalue weighted by Gasteiger charge is 2.27. The Balaban J connectivity index is 1.03. The van der Waals surface area contributed by atoms with Crippen LogP contribution >= 0.6 is 0 Å². The van der Waals surface area contributed by atoms with Gasteiger partial charge in [-0.1, -0.05) is 18.2 Å². The third-order valence-electron chi connectivity index (χ3n) is 9.28. The van der Waals surface area contributed by atoms with E-state index in [1.165, 1.54) is 5.56 Å². The number of methoxy groups -OCH3 is 1. The van der Waals surface area contributed by atoms with Crippen molar-refractivity contribution in [3.63, 3.8) is 0 Å². The number of benzene rings is 3. The maximum atomic E-state index is 11.8. The highest BCUT2D eigenvalue weighted by Crippen LogP contribution is 2.35.